The molecule has 39 heavy (non-hydrogen) atoms. The smallest absolute Gasteiger partial charge is 0.252 e. The van der Waals surface area contributed by atoms with Crippen molar-refractivity contribution in [2.45, 2.75) is 12.5 Å². The fourth-order valence-electron chi connectivity index (χ4n) is 4.33. The van der Waals surface area contributed by atoms with E-state index in [9.17, 15) is 9.59 Å². The standard InChI is InChI=1S/C29H22ClN7O2/c30-21-8-5-17(6-9-21)13-25(28(39)37-29-31-11-12-32-29)36-27(38)19-7-10-22-23(15-19)35-26(34-22)24-14-18-3-1-2-4-20(18)16-33-24/h1-12,14-16,25H,13H2,(H,34,35)(H,36,38)(H2,31,32,37,39)/t25-/m0/s1. The van der Waals surface area contributed by atoms with Crippen LogP contribution in [-0.2, 0) is 11.2 Å². The molecule has 3 aromatic heterocycles. The number of amides is 2. The molecule has 3 aromatic carbocycles. The molecule has 0 saturated carbocycles. The van der Waals surface area contributed by atoms with Gasteiger partial charge in [0.25, 0.3) is 5.91 Å². The minimum atomic E-state index is -0.865. The van der Waals surface area contributed by atoms with Crippen LogP contribution in [0.15, 0.2) is 91.4 Å². The molecule has 10 heteroatoms. The molecule has 6 rings (SSSR count). The summed E-state index contributed by atoms with van der Waals surface area (Å²) < 4.78 is 0. The number of carbonyl (C=O) groups excluding carboxylic acids is 2. The van der Waals surface area contributed by atoms with Crippen LogP contribution in [0.3, 0.4) is 0 Å². The van der Waals surface area contributed by atoms with Gasteiger partial charge in [0, 0.05) is 41.0 Å². The Hall–Kier alpha value is -5.02. The van der Waals surface area contributed by atoms with Gasteiger partial charge in [-0.25, -0.2) is 9.97 Å². The fourth-order valence-corrected chi connectivity index (χ4v) is 4.45. The van der Waals surface area contributed by atoms with Crippen LogP contribution >= 0.6 is 11.6 Å². The van der Waals surface area contributed by atoms with Gasteiger partial charge in [-0.15, -0.1) is 0 Å². The largest absolute Gasteiger partial charge is 0.340 e. The van der Waals surface area contributed by atoms with E-state index in [-0.39, 0.29) is 6.42 Å². The second kappa shape index (κ2) is 10.4. The highest BCUT2D eigenvalue weighted by atomic mass is 35.5. The van der Waals surface area contributed by atoms with Crippen molar-refractivity contribution in [3.05, 3.63) is 108 Å². The Kier molecular flexibility index (Phi) is 6.48. The van der Waals surface area contributed by atoms with Crippen molar-refractivity contribution >= 4 is 51.2 Å². The number of halogens is 1. The minimum Gasteiger partial charge on any atom is -0.340 e. The van der Waals surface area contributed by atoms with Crippen molar-refractivity contribution in [3.8, 4) is 11.5 Å². The second-order valence-electron chi connectivity index (χ2n) is 9.02. The van der Waals surface area contributed by atoms with E-state index in [0.717, 1.165) is 21.9 Å². The molecule has 0 aliphatic heterocycles. The summed E-state index contributed by atoms with van der Waals surface area (Å²) in [6, 6.07) is 21.4. The average molecular weight is 536 g/mol. The highest BCUT2D eigenvalue weighted by molar-refractivity contribution is 6.30. The highest BCUT2D eigenvalue weighted by Crippen LogP contribution is 2.23. The third-order valence-corrected chi connectivity index (χ3v) is 6.59. The molecule has 4 N–H and O–H groups in total. The van der Waals surface area contributed by atoms with Gasteiger partial charge < -0.3 is 15.3 Å². The number of rotatable bonds is 7. The van der Waals surface area contributed by atoms with E-state index in [1.165, 1.54) is 6.20 Å². The predicted molar refractivity (Wildman–Crippen MR) is 150 cm³/mol. The predicted octanol–water partition coefficient (Wildman–Crippen LogP) is 5.13. The van der Waals surface area contributed by atoms with Crippen molar-refractivity contribution < 1.29 is 9.59 Å². The Bertz CT molecular complexity index is 1800. The molecular formula is C29H22ClN7O2. The number of nitrogens with one attached hydrogen (secondary N) is 4. The SMILES string of the molecule is O=C(N[C@@H](Cc1ccc(Cl)cc1)C(=O)Nc1ncc[nH]1)c1ccc2[nH]c(-c3cc4ccccc4cn3)nc2c1. The van der Waals surface area contributed by atoms with Crippen LogP contribution in [0.25, 0.3) is 33.3 Å². The Morgan fingerprint density at radius 2 is 1.77 bits per heavy atom. The van der Waals surface area contributed by atoms with E-state index in [1.54, 1.807) is 36.5 Å². The van der Waals surface area contributed by atoms with Gasteiger partial charge in [0.15, 0.2) is 5.82 Å². The van der Waals surface area contributed by atoms with E-state index in [4.69, 9.17) is 11.6 Å². The quantitative estimate of drug-likeness (QED) is 0.225. The number of carbonyl (C=O) groups is 2. The number of aromatic nitrogens is 5. The number of nitrogens with zero attached hydrogens (tertiary/aromatic N) is 3. The number of hydrogen-bond donors (Lipinski definition) is 4. The first-order chi connectivity index (χ1) is 19.0. The zero-order valence-corrected chi connectivity index (χ0v) is 21.2. The van der Waals surface area contributed by atoms with Crippen LogP contribution in [0.1, 0.15) is 15.9 Å². The highest BCUT2D eigenvalue weighted by Gasteiger charge is 2.23. The van der Waals surface area contributed by atoms with Crippen LogP contribution in [0.5, 0.6) is 0 Å². The van der Waals surface area contributed by atoms with Crippen LogP contribution in [-0.4, -0.2) is 42.8 Å². The number of fused-ring (bicyclic) bond motifs is 2. The first-order valence-corrected chi connectivity index (χ1v) is 12.6. The molecule has 0 bridgehead atoms. The number of aromatic amines is 2. The molecule has 1 atom stereocenters. The van der Waals surface area contributed by atoms with Crippen molar-refractivity contribution in [1.82, 2.24) is 30.2 Å². The first kappa shape index (κ1) is 24.3. The van der Waals surface area contributed by atoms with E-state index >= 15 is 0 Å². The van der Waals surface area contributed by atoms with Crippen LogP contribution in [0.2, 0.25) is 5.02 Å². The normalized spacial score (nSPS) is 11.9. The van der Waals surface area contributed by atoms with Crippen molar-refractivity contribution in [2.24, 2.45) is 0 Å². The van der Waals surface area contributed by atoms with Gasteiger partial charge >= 0.3 is 0 Å². The van der Waals surface area contributed by atoms with E-state index in [2.05, 4.69) is 35.6 Å². The number of imidazole rings is 2. The van der Waals surface area contributed by atoms with Gasteiger partial charge in [0.1, 0.15) is 11.7 Å². The average Bonchev–Trinajstić information content (AvgIpc) is 3.63. The number of pyridine rings is 1. The molecule has 192 valence electrons. The summed E-state index contributed by atoms with van der Waals surface area (Å²) in [5.41, 5.74) is 3.30. The molecule has 0 aliphatic carbocycles. The topological polar surface area (TPSA) is 128 Å². The molecule has 6 aromatic rings. The molecule has 2 amide bonds. The third kappa shape index (κ3) is 5.34. The summed E-state index contributed by atoms with van der Waals surface area (Å²) in [6.07, 6.45) is 5.20. The Morgan fingerprint density at radius 1 is 0.949 bits per heavy atom. The minimum absolute atomic E-state index is 0.262. The van der Waals surface area contributed by atoms with Crippen LogP contribution in [0, 0.1) is 0 Å². The Labute approximate surface area is 227 Å². The summed E-state index contributed by atoms with van der Waals surface area (Å²) >= 11 is 6.01. The zero-order valence-electron chi connectivity index (χ0n) is 20.5. The summed E-state index contributed by atoms with van der Waals surface area (Å²) in [5, 5.41) is 8.25. The molecule has 0 unspecified atom stereocenters. The Morgan fingerprint density at radius 3 is 2.56 bits per heavy atom. The summed E-state index contributed by atoms with van der Waals surface area (Å²) in [4.78, 5) is 45.7. The molecular weight excluding hydrogens is 514 g/mol. The van der Waals surface area contributed by atoms with Gasteiger partial charge in [0.2, 0.25) is 11.9 Å². The van der Waals surface area contributed by atoms with Gasteiger partial charge in [0.05, 0.1) is 11.0 Å². The fraction of sp³-hybridized carbons (Fsp3) is 0.0690. The lowest BCUT2D eigenvalue weighted by atomic mass is 10.0. The lowest BCUT2D eigenvalue weighted by Gasteiger charge is -2.18. The van der Waals surface area contributed by atoms with Crippen molar-refractivity contribution in [2.75, 3.05) is 5.32 Å². The van der Waals surface area contributed by atoms with Crippen molar-refractivity contribution in [1.29, 1.82) is 0 Å². The molecule has 0 fully saturated rings. The van der Waals surface area contributed by atoms with Crippen LogP contribution in [0.4, 0.5) is 5.95 Å². The maximum Gasteiger partial charge on any atom is 0.252 e. The summed E-state index contributed by atoms with van der Waals surface area (Å²) in [5.74, 6) is 0.0903. The number of H-pyrrole nitrogens is 2. The lowest BCUT2D eigenvalue weighted by Crippen LogP contribution is -2.45. The molecule has 3 heterocycles. The third-order valence-electron chi connectivity index (χ3n) is 6.33. The summed E-state index contributed by atoms with van der Waals surface area (Å²) in [7, 11) is 0. The summed E-state index contributed by atoms with van der Waals surface area (Å²) in [6.45, 7) is 0. The number of benzene rings is 3. The first-order valence-electron chi connectivity index (χ1n) is 12.2. The molecule has 0 saturated heterocycles. The molecule has 0 aliphatic rings. The number of hydrogen-bond acceptors (Lipinski definition) is 5. The Balaban J connectivity index is 1.25. The zero-order chi connectivity index (χ0) is 26.8. The van der Waals surface area contributed by atoms with Gasteiger partial charge in [-0.05, 0) is 47.3 Å². The van der Waals surface area contributed by atoms with E-state index < -0.39 is 17.9 Å². The maximum atomic E-state index is 13.3. The molecule has 0 radical (unpaired) electrons. The van der Waals surface area contributed by atoms with Gasteiger partial charge in [-0.3, -0.25) is 19.9 Å². The molecule has 0 spiro atoms. The second-order valence-corrected chi connectivity index (χ2v) is 9.45. The van der Waals surface area contributed by atoms with Gasteiger partial charge in [-0.1, -0.05) is 48.0 Å². The van der Waals surface area contributed by atoms with Crippen molar-refractivity contribution in [3.63, 3.8) is 0 Å². The van der Waals surface area contributed by atoms with E-state index in [1.807, 2.05) is 48.7 Å². The van der Waals surface area contributed by atoms with Crippen LogP contribution < -0.4 is 10.6 Å². The van der Waals surface area contributed by atoms with E-state index in [0.29, 0.717) is 33.6 Å². The lowest BCUT2D eigenvalue weighted by molar-refractivity contribution is -0.118. The monoisotopic (exact) mass is 535 g/mol. The van der Waals surface area contributed by atoms with Gasteiger partial charge in [-0.2, -0.15) is 0 Å². The maximum absolute atomic E-state index is 13.3. The number of anilines is 1. The molecule has 9 nitrogen and oxygen atoms in total.